The molecule has 1 aliphatic carbocycles. The SMILES string of the molecule is CCCCCCCCN1CCCC1C1CCCC1O. The van der Waals surface area contributed by atoms with Crippen molar-refractivity contribution in [3.63, 3.8) is 0 Å². The Hall–Kier alpha value is -0.0800. The predicted molar refractivity (Wildman–Crippen MR) is 81.3 cm³/mol. The van der Waals surface area contributed by atoms with Gasteiger partial charge in [0.05, 0.1) is 6.10 Å². The number of likely N-dealkylation sites (tertiary alicyclic amines) is 1. The summed E-state index contributed by atoms with van der Waals surface area (Å²) in [6.45, 7) is 4.84. The summed E-state index contributed by atoms with van der Waals surface area (Å²) in [6, 6.07) is 0.702. The number of rotatable bonds is 8. The van der Waals surface area contributed by atoms with E-state index in [4.69, 9.17) is 0 Å². The van der Waals surface area contributed by atoms with Crippen LogP contribution in [0.4, 0.5) is 0 Å². The first kappa shape index (κ1) is 15.3. The fourth-order valence-corrected chi connectivity index (χ4v) is 4.13. The van der Waals surface area contributed by atoms with Gasteiger partial charge in [-0.25, -0.2) is 0 Å². The van der Waals surface area contributed by atoms with E-state index in [0.29, 0.717) is 12.0 Å². The molecule has 0 spiro atoms. The van der Waals surface area contributed by atoms with E-state index in [1.54, 1.807) is 0 Å². The molecular formula is C17H33NO. The van der Waals surface area contributed by atoms with E-state index in [1.165, 1.54) is 77.3 Å². The molecule has 2 nitrogen and oxygen atoms in total. The maximum Gasteiger partial charge on any atom is 0.0583 e. The molecule has 2 fully saturated rings. The van der Waals surface area contributed by atoms with Crippen molar-refractivity contribution in [2.75, 3.05) is 13.1 Å². The molecule has 1 heterocycles. The smallest absolute Gasteiger partial charge is 0.0583 e. The molecule has 1 saturated carbocycles. The third-order valence-electron chi connectivity index (χ3n) is 5.24. The van der Waals surface area contributed by atoms with Crippen molar-refractivity contribution in [3.05, 3.63) is 0 Å². The third kappa shape index (κ3) is 4.46. The lowest BCUT2D eigenvalue weighted by atomic mass is 9.94. The molecule has 2 rings (SSSR count). The van der Waals surface area contributed by atoms with E-state index in [9.17, 15) is 5.11 Å². The van der Waals surface area contributed by atoms with Gasteiger partial charge < -0.3 is 10.0 Å². The van der Waals surface area contributed by atoms with Gasteiger partial charge in [0.25, 0.3) is 0 Å². The number of nitrogens with zero attached hydrogens (tertiary/aromatic N) is 1. The second kappa shape index (κ2) is 8.26. The number of hydrogen-bond acceptors (Lipinski definition) is 2. The number of hydrogen-bond donors (Lipinski definition) is 1. The Kier molecular flexibility index (Phi) is 6.66. The second-order valence-electron chi connectivity index (χ2n) is 6.68. The number of aliphatic hydroxyl groups excluding tert-OH is 1. The topological polar surface area (TPSA) is 23.5 Å². The van der Waals surface area contributed by atoms with Crippen molar-refractivity contribution in [1.29, 1.82) is 0 Å². The first-order valence-corrected chi connectivity index (χ1v) is 8.75. The van der Waals surface area contributed by atoms with Crippen LogP contribution in [-0.4, -0.2) is 35.2 Å². The van der Waals surface area contributed by atoms with Crippen LogP contribution in [0.25, 0.3) is 0 Å². The van der Waals surface area contributed by atoms with E-state index < -0.39 is 0 Å². The molecule has 0 bridgehead atoms. The summed E-state index contributed by atoms with van der Waals surface area (Å²) in [5.41, 5.74) is 0. The molecule has 2 aliphatic rings. The van der Waals surface area contributed by atoms with Gasteiger partial charge in [-0.15, -0.1) is 0 Å². The first-order chi connectivity index (χ1) is 9.33. The van der Waals surface area contributed by atoms with Crippen molar-refractivity contribution < 1.29 is 5.11 Å². The molecule has 1 N–H and O–H groups in total. The van der Waals surface area contributed by atoms with Gasteiger partial charge in [0.2, 0.25) is 0 Å². The number of aliphatic hydroxyl groups is 1. The molecule has 19 heavy (non-hydrogen) atoms. The first-order valence-electron chi connectivity index (χ1n) is 8.75. The molecule has 0 aromatic rings. The molecular weight excluding hydrogens is 234 g/mol. The highest BCUT2D eigenvalue weighted by Gasteiger charge is 2.37. The second-order valence-corrected chi connectivity index (χ2v) is 6.68. The molecule has 0 aromatic carbocycles. The van der Waals surface area contributed by atoms with E-state index in [1.807, 2.05) is 0 Å². The quantitative estimate of drug-likeness (QED) is 0.673. The lowest BCUT2D eigenvalue weighted by molar-refractivity contribution is 0.0740. The highest BCUT2D eigenvalue weighted by Crippen LogP contribution is 2.35. The van der Waals surface area contributed by atoms with Crippen LogP contribution >= 0.6 is 0 Å². The zero-order valence-electron chi connectivity index (χ0n) is 12.8. The Bertz CT molecular complexity index is 243. The third-order valence-corrected chi connectivity index (χ3v) is 5.24. The fraction of sp³-hybridized carbons (Fsp3) is 1.00. The Morgan fingerprint density at radius 2 is 1.74 bits per heavy atom. The van der Waals surface area contributed by atoms with Crippen molar-refractivity contribution >= 4 is 0 Å². The van der Waals surface area contributed by atoms with Crippen LogP contribution in [-0.2, 0) is 0 Å². The molecule has 0 radical (unpaired) electrons. The van der Waals surface area contributed by atoms with Crippen LogP contribution in [0, 0.1) is 5.92 Å². The van der Waals surface area contributed by atoms with Crippen molar-refractivity contribution in [1.82, 2.24) is 4.90 Å². The minimum Gasteiger partial charge on any atom is -0.393 e. The summed E-state index contributed by atoms with van der Waals surface area (Å²) in [5.74, 6) is 0.586. The lowest BCUT2D eigenvalue weighted by Gasteiger charge is -2.31. The Morgan fingerprint density at radius 3 is 2.47 bits per heavy atom. The summed E-state index contributed by atoms with van der Waals surface area (Å²) in [4.78, 5) is 2.69. The number of unbranched alkanes of at least 4 members (excludes halogenated alkanes) is 5. The maximum absolute atomic E-state index is 10.1. The normalized spacial score (nSPS) is 32.2. The molecule has 0 aromatic heterocycles. The van der Waals surface area contributed by atoms with Crippen LogP contribution in [0.15, 0.2) is 0 Å². The maximum atomic E-state index is 10.1. The minimum absolute atomic E-state index is 0.00449. The van der Waals surface area contributed by atoms with Crippen molar-refractivity contribution in [2.45, 2.75) is 89.7 Å². The summed E-state index contributed by atoms with van der Waals surface area (Å²) >= 11 is 0. The van der Waals surface area contributed by atoms with Gasteiger partial charge in [-0.3, -0.25) is 0 Å². The standard InChI is InChI=1S/C17H33NO/c1-2-3-4-5-6-7-13-18-14-9-11-16(18)15-10-8-12-17(15)19/h15-17,19H,2-14H2,1H3. The van der Waals surface area contributed by atoms with E-state index in [-0.39, 0.29) is 6.10 Å². The highest BCUT2D eigenvalue weighted by atomic mass is 16.3. The predicted octanol–water partition coefficient (Wildman–Crippen LogP) is 3.97. The van der Waals surface area contributed by atoms with Crippen LogP contribution in [0.5, 0.6) is 0 Å². The molecule has 1 saturated heterocycles. The molecule has 3 atom stereocenters. The highest BCUT2D eigenvalue weighted by molar-refractivity contribution is 4.91. The average Bonchev–Trinajstić information content (AvgIpc) is 3.02. The van der Waals surface area contributed by atoms with Gasteiger partial charge in [0.15, 0.2) is 0 Å². The fourth-order valence-electron chi connectivity index (χ4n) is 4.13. The van der Waals surface area contributed by atoms with Gasteiger partial charge in [0, 0.05) is 12.0 Å². The molecule has 3 unspecified atom stereocenters. The summed E-state index contributed by atoms with van der Waals surface area (Å²) < 4.78 is 0. The van der Waals surface area contributed by atoms with Crippen LogP contribution in [0.3, 0.4) is 0 Å². The van der Waals surface area contributed by atoms with Gasteiger partial charge in [0.1, 0.15) is 0 Å². The minimum atomic E-state index is -0.00449. The van der Waals surface area contributed by atoms with Gasteiger partial charge in [-0.2, -0.15) is 0 Å². The van der Waals surface area contributed by atoms with Crippen LogP contribution in [0.1, 0.15) is 77.6 Å². The van der Waals surface area contributed by atoms with E-state index >= 15 is 0 Å². The summed E-state index contributed by atoms with van der Waals surface area (Å²) in [6.07, 6.45) is 14.6. The van der Waals surface area contributed by atoms with Gasteiger partial charge in [-0.05, 0) is 45.2 Å². The monoisotopic (exact) mass is 267 g/mol. The van der Waals surface area contributed by atoms with Crippen molar-refractivity contribution in [2.24, 2.45) is 5.92 Å². The molecule has 0 amide bonds. The van der Waals surface area contributed by atoms with Crippen LogP contribution < -0.4 is 0 Å². The average molecular weight is 267 g/mol. The molecule has 1 aliphatic heterocycles. The summed E-state index contributed by atoms with van der Waals surface area (Å²) in [5, 5.41) is 10.1. The van der Waals surface area contributed by atoms with Gasteiger partial charge >= 0.3 is 0 Å². The van der Waals surface area contributed by atoms with E-state index in [0.717, 1.165) is 6.42 Å². The van der Waals surface area contributed by atoms with Crippen LogP contribution in [0.2, 0.25) is 0 Å². The molecule has 2 heteroatoms. The largest absolute Gasteiger partial charge is 0.393 e. The Balaban J connectivity index is 1.64. The zero-order valence-corrected chi connectivity index (χ0v) is 12.8. The Labute approximate surface area is 119 Å². The van der Waals surface area contributed by atoms with E-state index in [2.05, 4.69) is 11.8 Å². The van der Waals surface area contributed by atoms with Crippen molar-refractivity contribution in [3.8, 4) is 0 Å². The summed E-state index contributed by atoms with van der Waals surface area (Å²) in [7, 11) is 0. The zero-order chi connectivity index (χ0) is 13.5. The lowest BCUT2D eigenvalue weighted by Crippen LogP contribution is -2.39. The Morgan fingerprint density at radius 1 is 0.947 bits per heavy atom. The van der Waals surface area contributed by atoms with Gasteiger partial charge in [-0.1, -0.05) is 45.4 Å². The molecule has 112 valence electrons.